The summed E-state index contributed by atoms with van der Waals surface area (Å²) in [6, 6.07) is 10.9. The number of ether oxygens (including phenoxy) is 1. The van der Waals surface area contributed by atoms with E-state index >= 15 is 0 Å². The second-order valence-electron chi connectivity index (χ2n) is 8.40. The van der Waals surface area contributed by atoms with Crippen LogP contribution >= 0.6 is 0 Å². The molecule has 5 heteroatoms. The van der Waals surface area contributed by atoms with E-state index in [0.29, 0.717) is 23.1 Å². The van der Waals surface area contributed by atoms with Crippen LogP contribution in [0.2, 0.25) is 0 Å². The molecular formula is C26H29NO4. The van der Waals surface area contributed by atoms with Crippen LogP contribution in [0.15, 0.2) is 45.6 Å². The maximum Gasteiger partial charge on any atom is 0.290 e. The highest BCUT2D eigenvalue weighted by Gasteiger charge is 2.40. The number of unbranched alkanes of at least 4 members (excludes halogenated alkanes) is 3. The quantitative estimate of drug-likeness (QED) is 0.472. The van der Waals surface area contributed by atoms with Crippen LogP contribution in [0.4, 0.5) is 0 Å². The molecule has 1 atom stereocenters. The minimum Gasteiger partial charge on any atom is -0.494 e. The first kappa shape index (κ1) is 21.2. The number of amides is 1. The second kappa shape index (κ2) is 8.58. The van der Waals surface area contributed by atoms with E-state index in [1.165, 1.54) is 19.3 Å². The molecule has 1 aliphatic heterocycles. The highest BCUT2D eigenvalue weighted by molar-refractivity contribution is 5.99. The van der Waals surface area contributed by atoms with Gasteiger partial charge in [-0.15, -0.1) is 0 Å². The second-order valence-corrected chi connectivity index (χ2v) is 8.40. The number of hydrogen-bond donors (Lipinski definition) is 0. The van der Waals surface area contributed by atoms with Crippen molar-refractivity contribution in [3.63, 3.8) is 0 Å². The lowest BCUT2D eigenvalue weighted by Gasteiger charge is -2.20. The monoisotopic (exact) mass is 419 g/mol. The Bertz CT molecular complexity index is 1180. The van der Waals surface area contributed by atoms with Crippen LogP contribution in [0.3, 0.4) is 0 Å². The lowest BCUT2D eigenvalue weighted by molar-refractivity contribution is 0.0771. The molecule has 0 fully saturated rings. The Kier molecular flexibility index (Phi) is 5.86. The zero-order valence-corrected chi connectivity index (χ0v) is 18.7. The summed E-state index contributed by atoms with van der Waals surface area (Å²) in [4.78, 5) is 27.9. The fourth-order valence-electron chi connectivity index (χ4n) is 4.20. The number of aryl methyl sites for hydroxylation is 2. The van der Waals surface area contributed by atoms with Crippen molar-refractivity contribution in [3.05, 3.63) is 74.6 Å². The van der Waals surface area contributed by atoms with Gasteiger partial charge in [-0.3, -0.25) is 9.59 Å². The van der Waals surface area contributed by atoms with E-state index in [1.807, 2.05) is 50.2 Å². The lowest BCUT2D eigenvalue weighted by atomic mass is 9.97. The van der Waals surface area contributed by atoms with Gasteiger partial charge in [0, 0.05) is 7.05 Å². The molecule has 0 aliphatic carbocycles. The van der Waals surface area contributed by atoms with Crippen molar-refractivity contribution in [1.29, 1.82) is 0 Å². The fraction of sp³-hybridized carbons (Fsp3) is 0.385. The Balaban J connectivity index is 1.66. The molecule has 1 unspecified atom stereocenters. The predicted octanol–water partition coefficient (Wildman–Crippen LogP) is 5.54. The third-order valence-corrected chi connectivity index (χ3v) is 6.18. The summed E-state index contributed by atoms with van der Waals surface area (Å²) in [6.07, 6.45) is 4.63. The van der Waals surface area contributed by atoms with Gasteiger partial charge in [0.05, 0.1) is 23.6 Å². The van der Waals surface area contributed by atoms with Crippen LogP contribution in [0.5, 0.6) is 5.75 Å². The van der Waals surface area contributed by atoms with Gasteiger partial charge in [-0.05, 0) is 61.2 Å². The minimum absolute atomic E-state index is 0.140. The highest BCUT2D eigenvalue weighted by Crippen LogP contribution is 2.37. The van der Waals surface area contributed by atoms with Crippen molar-refractivity contribution in [3.8, 4) is 5.75 Å². The maximum absolute atomic E-state index is 13.4. The molecule has 0 N–H and O–H groups in total. The summed E-state index contributed by atoms with van der Waals surface area (Å²) in [5.41, 5.74) is 3.64. The van der Waals surface area contributed by atoms with Crippen LogP contribution in [0.1, 0.15) is 71.5 Å². The molecule has 1 aromatic heterocycles. The summed E-state index contributed by atoms with van der Waals surface area (Å²) in [5.74, 6) is 0.669. The Labute approximate surface area is 182 Å². The molecule has 0 bridgehead atoms. The smallest absolute Gasteiger partial charge is 0.290 e. The molecule has 1 aliphatic rings. The number of nitrogens with zero attached hydrogens (tertiary/aromatic N) is 1. The molecule has 0 spiro atoms. The summed E-state index contributed by atoms with van der Waals surface area (Å²) >= 11 is 0. The molecule has 1 amide bonds. The number of fused-ring (bicyclic) bond motifs is 2. The van der Waals surface area contributed by atoms with E-state index in [9.17, 15) is 9.59 Å². The van der Waals surface area contributed by atoms with E-state index in [1.54, 1.807) is 11.9 Å². The molecule has 31 heavy (non-hydrogen) atoms. The molecular weight excluding hydrogens is 390 g/mol. The van der Waals surface area contributed by atoms with Gasteiger partial charge >= 0.3 is 0 Å². The Hall–Kier alpha value is -3.08. The van der Waals surface area contributed by atoms with Gasteiger partial charge in [-0.25, -0.2) is 0 Å². The Morgan fingerprint density at radius 2 is 1.71 bits per heavy atom. The molecule has 162 valence electrons. The number of rotatable bonds is 7. The molecule has 0 radical (unpaired) electrons. The van der Waals surface area contributed by atoms with Crippen LogP contribution < -0.4 is 10.2 Å². The summed E-state index contributed by atoms with van der Waals surface area (Å²) in [7, 11) is 1.71. The summed E-state index contributed by atoms with van der Waals surface area (Å²) < 4.78 is 11.8. The third kappa shape index (κ3) is 3.85. The number of hydrogen-bond acceptors (Lipinski definition) is 4. The maximum atomic E-state index is 13.4. The summed E-state index contributed by atoms with van der Waals surface area (Å²) in [6.45, 7) is 6.82. The third-order valence-electron chi connectivity index (χ3n) is 6.18. The van der Waals surface area contributed by atoms with Crippen LogP contribution in [0.25, 0.3) is 11.0 Å². The molecule has 2 aromatic carbocycles. The van der Waals surface area contributed by atoms with Gasteiger partial charge in [-0.2, -0.15) is 0 Å². The standard InChI is InChI=1S/C26H29NO4/c1-5-6-7-8-13-30-19-11-9-18(10-12-19)23-22-24(28)20-14-16(2)17(3)15-21(20)31-25(22)26(29)27(23)4/h9-12,14-15,23H,5-8,13H2,1-4H3. The van der Waals surface area contributed by atoms with E-state index in [2.05, 4.69) is 6.92 Å². The van der Waals surface area contributed by atoms with Gasteiger partial charge < -0.3 is 14.1 Å². The van der Waals surface area contributed by atoms with Gasteiger partial charge in [0.25, 0.3) is 5.91 Å². The highest BCUT2D eigenvalue weighted by atomic mass is 16.5. The topological polar surface area (TPSA) is 59.8 Å². The van der Waals surface area contributed by atoms with Crippen molar-refractivity contribution in [2.45, 2.75) is 52.5 Å². The largest absolute Gasteiger partial charge is 0.494 e. The van der Waals surface area contributed by atoms with Crippen molar-refractivity contribution in [2.24, 2.45) is 0 Å². The molecule has 0 saturated carbocycles. The minimum atomic E-state index is -0.469. The predicted molar refractivity (Wildman–Crippen MR) is 122 cm³/mol. The van der Waals surface area contributed by atoms with Crippen molar-refractivity contribution < 1.29 is 13.9 Å². The first-order valence-corrected chi connectivity index (χ1v) is 11.0. The van der Waals surface area contributed by atoms with Crippen molar-refractivity contribution >= 4 is 16.9 Å². The van der Waals surface area contributed by atoms with E-state index in [-0.39, 0.29) is 17.1 Å². The van der Waals surface area contributed by atoms with Gasteiger partial charge in [0.2, 0.25) is 5.76 Å². The van der Waals surface area contributed by atoms with E-state index in [4.69, 9.17) is 9.15 Å². The summed E-state index contributed by atoms with van der Waals surface area (Å²) in [5, 5.41) is 0.516. The molecule has 3 aromatic rings. The fourth-order valence-corrected chi connectivity index (χ4v) is 4.20. The molecule has 2 heterocycles. The zero-order valence-electron chi connectivity index (χ0n) is 18.7. The number of carbonyl (C=O) groups is 1. The van der Waals surface area contributed by atoms with Crippen LogP contribution in [-0.2, 0) is 0 Å². The lowest BCUT2D eigenvalue weighted by Crippen LogP contribution is -2.25. The van der Waals surface area contributed by atoms with Crippen molar-refractivity contribution in [2.75, 3.05) is 13.7 Å². The normalized spacial score (nSPS) is 15.5. The average Bonchev–Trinajstić information content (AvgIpc) is 3.01. The van der Waals surface area contributed by atoms with Crippen LogP contribution in [-0.4, -0.2) is 24.5 Å². The van der Waals surface area contributed by atoms with Crippen molar-refractivity contribution in [1.82, 2.24) is 4.90 Å². The van der Waals surface area contributed by atoms with Gasteiger partial charge in [0.1, 0.15) is 11.3 Å². The van der Waals surface area contributed by atoms with Gasteiger partial charge in [0.15, 0.2) is 5.43 Å². The average molecular weight is 420 g/mol. The number of benzene rings is 2. The van der Waals surface area contributed by atoms with E-state index in [0.717, 1.165) is 28.9 Å². The number of carbonyl (C=O) groups excluding carboxylic acids is 1. The molecule has 5 nitrogen and oxygen atoms in total. The molecule has 4 rings (SSSR count). The SMILES string of the molecule is CCCCCCOc1ccc(C2c3c(oc4cc(C)c(C)cc4c3=O)C(=O)N2C)cc1. The Morgan fingerprint density at radius 3 is 2.42 bits per heavy atom. The van der Waals surface area contributed by atoms with E-state index < -0.39 is 6.04 Å². The van der Waals surface area contributed by atoms with Gasteiger partial charge in [-0.1, -0.05) is 38.3 Å². The first-order valence-electron chi connectivity index (χ1n) is 11.0. The first-order chi connectivity index (χ1) is 14.9. The molecule has 0 saturated heterocycles. The zero-order chi connectivity index (χ0) is 22.1. The van der Waals surface area contributed by atoms with Crippen LogP contribution in [0, 0.1) is 13.8 Å². The Morgan fingerprint density at radius 1 is 1.00 bits per heavy atom.